The molecule has 0 fully saturated rings. The highest BCUT2D eigenvalue weighted by molar-refractivity contribution is 7.90. The van der Waals surface area contributed by atoms with Crippen LogP contribution in [0.2, 0.25) is 0 Å². The summed E-state index contributed by atoms with van der Waals surface area (Å²) in [6.45, 7) is 2.66. The van der Waals surface area contributed by atoms with E-state index < -0.39 is 15.9 Å². The fourth-order valence-corrected chi connectivity index (χ4v) is 4.55. The van der Waals surface area contributed by atoms with Crippen LogP contribution in [0, 0.1) is 0 Å². The Morgan fingerprint density at radius 1 is 0.926 bits per heavy atom. The Bertz CT molecular complexity index is 1270. The molecule has 1 aromatic heterocycles. The molecular formula is C21H18N2O3S. The third-order valence-electron chi connectivity index (χ3n) is 4.64. The minimum absolute atomic E-state index is 0.0909. The van der Waals surface area contributed by atoms with E-state index in [0.29, 0.717) is 17.5 Å². The zero-order valence-electron chi connectivity index (χ0n) is 14.7. The first-order valence-electron chi connectivity index (χ1n) is 8.64. The smallest absolute Gasteiger partial charge is 0.267 e. The summed E-state index contributed by atoms with van der Waals surface area (Å²) in [5.74, 6) is -0.633. The molecule has 3 aromatic carbocycles. The predicted octanol–water partition coefficient (Wildman–Crippen LogP) is 3.93. The molecule has 27 heavy (non-hydrogen) atoms. The number of aryl methyl sites for hydroxylation is 1. The number of carbonyl (C=O) groups is 1. The number of nitrogens with zero attached hydrogens (tertiary/aromatic N) is 1. The molecule has 0 radical (unpaired) electrons. The first kappa shape index (κ1) is 17.3. The fourth-order valence-electron chi connectivity index (χ4n) is 3.35. The van der Waals surface area contributed by atoms with E-state index in [9.17, 15) is 13.2 Å². The summed E-state index contributed by atoms with van der Waals surface area (Å²) >= 11 is 0. The Kier molecular flexibility index (Phi) is 4.20. The van der Waals surface area contributed by atoms with Crippen molar-refractivity contribution in [3.63, 3.8) is 0 Å². The number of sulfonamides is 1. The topological polar surface area (TPSA) is 68.2 Å². The lowest BCUT2D eigenvalue weighted by Crippen LogP contribution is -2.30. The molecule has 5 nitrogen and oxygen atoms in total. The van der Waals surface area contributed by atoms with Gasteiger partial charge in [0, 0.05) is 29.0 Å². The molecule has 1 N–H and O–H groups in total. The molecule has 0 unspecified atom stereocenters. The van der Waals surface area contributed by atoms with E-state index in [2.05, 4.69) is 4.72 Å². The molecule has 0 bridgehead atoms. The molecule has 0 saturated carbocycles. The van der Waals surface area contributed by atoms with Crippen molar-refractivity contribution in [1.29, 1.82) is 0 Å². The standard InChI is InChI=1S/C21H18N2O3S/c1-2-23-14-18(17-11-5-6-12-19(17)23)21(24)22-27(25,26)20-13-7-9-15-8-3-4-10-16(15)20/h3-14H,2H2,1H3,(H,22,24). The van der Waals surface area contributed by atoms with Crippen LogP contribution in [0.15, 0.2) is 77.8 Å². The van der Waals surface area contributed by atoms with Gasteiger partial charge in [-0.3, -0.25) is 4.79 Å². The maximum Gasteiger partial charge on any atom is 0.267 e. The van der Waals surface area contributed by atoms with Gasteiger partial charge in [0.25, 0.3) is 15.9 Å². The average Bonchev–Trinajstić information content (AvgIpc) is 3.06. The van der Waals surface area contributed by atoms with Gasteiger partial charge in [-0.15, -0.1) is 0 Å². The molecule has 0 spiro atoms. The molecule has 0 atom stereocenters. The molecule has 4 rings (SSSR count). The van der Waals surface area contributed by atoms with Crippen molar-refractivity contribution in [3.05, 3.63) is 78.5 Å². The molecule has 0 aliphatic heterocycles. The van der Waals surface area contributed by atoms with Crippen molar-refractivity contribution < 1.29 is 13.2 Å². The highest BCUT2D eigenvalue weighted by Crippen LogP contribution is 2.24. The van der Waals surface area contributed by atoms with Gasteiger partial charge in [0.05, 0.1) is 10.5 Å². The van der Waals surface area contributed by atoms with Crippen molar-refractivity contribution in [2.75, 3.05) is 0 Å². The van der Waals surface area contributed by atoms with Gasteiger partial charge in [-0.05, 0) is 24.4 Å². The van der Waals surface area contributed by atoms with Crippen LogP contribution in [0.3, 0.4) is 0 Å². The zero-order chi connectivity index (χ0) is 19.0. The number of fused-ring (bicyclic) bond motifs is 2. The van der Waals surface area contributed by atoms with Gasteiger partial charge in [-0.2, -0.15) is 0 Å². The Labute approximate surface area is 157 Å². The van der Waals surface area contributed by atoms with Crippen molar-refractivity contribution in [2.24, 2.45) is 0 Å². The van der Waals surface area contributed by atoms with Crippen molar-refractivity contribution in [1.82, 2.24) is 9.29 Å². The normalized spacial score (nSPS) is 11.7. The van der Waals surface area contributed by atoms with Gasteiger partial charge >= 0.3 is 0 Å². The molecule has 4 aromatic rings. The zero-order valence-corrected chi connectivity index (χ0v) is 15.5. The fraction of sp³-hybridized carbons (Fsp3) is 0.0952. The van der Waals surface area contributed by atoms with E-state index >= 15 is 0 Å². The van der Waals surface area contributed by atoms with E-state index in [-0.39, 0.29) is 4.90 Å². The molecule has 0 aliphatic carbocycles. The van der Waals surface area contributed by atoms with E-state index in [1.54, 1.807) is 24.4 Å². The lowest BCUT2D eigenvalue weighted by Gasteiger charge is -2.09. The third kappa shape index (κ3) is 2.98. The first-order chi connectivity index (χ1) is 13.0. The number of amides is 1. The first-order valence-corrected chi connectivity index (χ1v) is 10.1. The van der Waals surface area contributed by atoms with E-state index in [4.69, 9.17) is 0 Å². The summed E-state index contributed by atoms with van der Waals surface area (Å²) in [4.78, 5) is 12.9. The summed E-state index contributed by atoms with van der Waals surface area (Å²) < 4.78 is 30.0. The minimum atomic E-state index is -4.01. The number of rotatable bonds is 4. The van der Waals surface area contributed by atoms with Gasteiger partial charge in [-0.1, -0.05) is 54.6 Å². The summed E-state index contributed by atoms with van der Waals surface area (Å²) in [6, 6.07) is 19.7. The summed E-state index contributed by atoms with van der Waals surface area (Å²) in [5, 5.41) is 2.11. The number of nitrogens with one attached hydrogen (secondary N) is 1. The number of hydrogen-bond donors (Lipinski definition) is 1. The second-order valence-corrected chi connectivity index (χ2v) is 7.91. The molecule has 0 saturated heterocycles. The van der Waals surface area contributed by atoms with Crippen LogP contribution in [0.5, 0.6) is 0 Å². The molecule has 136 valence electrons. The molecule has 0 aliphatic rings. The van der Waals surface area contributed by atoms with Crippen LogP contribution in [-0.4, -0.2) is 18.9 Å². The molecular weight excluding hydrogens is 360 g/mol. The second-order valence-electron chi connectivity index (χ2n) is 6.26. The number of hydrogen-bond acceptors (Lipinski definition) is 3. The lowest BCUT2D eigenvalue weighted by atomic mass is 10.1. The van der Waals surface area contributed by atoms with Crippen LogP contribution in [0.4, 0.5) is 0 Å². The Balaban J connectivity index is 1.76. The maximum absolute atomic E-state index is 12.9. The molecule has 6 heteroatoms. The largest absolute Gasteiger partial charge is 0.347 e. The van der Waals surface area contributed by atoms with E-state index in [1.807, 2.05) is 54.0 Å². The number of aromatic nitrogens is 1. The van der Waals surface area contributed by atoms with E-state index in [0.717, 1.165) is 16.3 Å². The Morgan fingerprint density at radius 2 is 1.59 bits per heavy atom. The summed E-state index contributed by atoms with van der Waals surface area (Å²) in [5.41, 5.74) is 1.24. The monoisotopic (exact) mass is 378 g/mol. The Hall–Kier alpha value is -3.12. The van der Waals surface area contributed by atoms with Crippen LogP contribution in [0.1, 0.15) is 17.3 Å². The van der Waals surface area contributed by atoms with Gasteiger partial charge in [-0.25, -0.2) is 13.1 Å². The minimum Gasteiger partial charge on any atom is -0.347 e. The van der Waals surface area contributed by atoms with Gasteiger partial charge < -0.3 is 4.57 Å². The third-order valence-corrected chi connectivity index (χ3v) is 6.03. The SMILES string of the molecule is CCn1cc(C(=O)NS(=O)(=O)c2cccc3ccccc23)c2ccccc21. The maximum atomic E-state index is 12.9. The van der Waals surface area contributed by atoms with Crippen LogP contribution in [0.25, 0.3) is 21.7 Å². The summed E-state index contributed by atoms with van der Waals surface area (Å²) in [6.07, 6.45) is 1.69. The van der Waals surface area contributed by atoms with Crippen molar-refractivity contribution in [3.8, 4) is 0 Å². The quantitative estimate of drug-likeness (QED) is 0.585. The van der Waals surface area contributed by atoms with Crippen LogP contribution in [-0.2, 0) is 16.6 Å². The number of carbonyl (C=O) groups excluding carboxylic acids is 1. The van der Waals surface area contributed by atoms with Gasteiger partial charge in [0.15, 0.2) is 0 Å². The van der Waals surface area contributed by atoms with Crippen LogP contribution >= 0.6 is 0 Å². The predicted molar refractivity (Wildman–Crippen MR) is 106 cm³/mol. The number of benzene rings is 3. The highest BCUT2D eigenvalue weighted by Gasteiger charge is 2.23. The van der Waals surface area contributed by atoms with Crippen molar-refractivity contribution >= 4 is 37.6 Å². The molecule has 1 heterocycles. The highest BCUT2D eigenvalue weighted by atomic mass is 32.2. The second kappa shape index (κ2) is 6.55. The Morgan fingerprint density at radius 3 is 2.37 bits per heavy atom. The number of para-hydroxylation sites is 1. The van der Waals surface area contributed by atoms with Gasteiger partial charge in [0.2, 0.25) is 0 Å². The summed E-state index contributed by atoms with van der Waals surface area (Å²) in [7, 11) is -4.01. The van der Waals surface area contributed by atoms with E-state index in [1.165, 1.54) is 6.07 Å². The lowest BCUT2D eigenvalue weighted by molar-refractivity contribution is 0.0983. The van der Waals surface area contributed by atoms with Gasteiger partial charge in [0.1, 0.15) is 0 Å². The van der Waals surface area contributed by atoms with Crippen LogP contribution < -0.4 is 4.72 Å². The molecule has 1 amide bonds. The van der Waals surface area contributed by atoms with Crippen molar-refractivity contribution in [2.45, 2.75) is 18.4 Å². The average molecular weight is 378 g/mol.